The molecule has 0 bridgehead atoms. The molecule has 4 heteroatoms. The van der Waals surface area contributed by atoms with Gasteiger partial charge >= 0.3 is 0 Å². The van der Waals surface area contributed by atoms with E-state index in [9.17, 15) is 0 Å². The number of aromatic nitrogens is 2. The molecule has 23 heavy (non-hydrogen) atoms. The zero-order valence-electron chi connectivity index (χ0n) is 13.3. The highest BCUT2D eigenvalue weighted by atomic mass is 35.5. The van der Waals surface area contributed by atoms with Crippen LogP contribution in [-0.4, -0.2) is 9.55 Å². The molecule has 3 rings (SSSR count). The monoisotopic (exact) mass is 328 g/mol. The van der Waals surface area contributed by atoms with Gasteiger partial charge in [-0.3, -0.25) is 0 Å². The first-order chi connectivity index (χ1) is 10.8. The molecule has 1 atom stereocenters. The number of para-hydroxylation sites is 1. The lowest BCUT2D eigenvalue weighted by Crippen LogP contribution is -2.13. The topological polar surface area (TPSA) is 27.1 Å². The highest BCUT2D eigenvalue weighted by molar-refractivity contribution is 5.85. The largest absolute Gasteiger partial charge is 0.470 e. The molecule has 120 valence electrons. The van der Waals surface area contributed by atoms with Gasteiger partial charge in [0.1, 0.15) is 5.75 Å². The second-order valence-electron chi connectivity index (χ2n) is 5.35. The summed E-state index contributed by atoms with van der Waals surface area (Å²) < 4.78 is 8.24. The van der Waals surface area contributed by atoms with Crippen molar-refractivity contribution < 1.29 is 4.74 Å². The van der Waals surface area contributed by atoms with Gasteiger partial charge in [0.25, 0.3) is 0 Å². The van der Waals surface area contributed by atoms with Gasteiger partial charge in [-0.25, -0.2) is 4.98 Å². The number of nitrogens with zero attached hydrogens (tertiary/aromatic N) is 2. The first-order valence-corrected chi connectivity index (χ1v) is 7.58. The Morgan fingerprint density at radius 1 is 1.09 bits per heavy atom. The zero-order valence-corrected chi connectivity index (χ0v) is 14.2. The van der Waals surface area contributed by atoms with Crippen molar-refractivity contribution in [3.8, 4) is 16.9 Å². The molecule has 2 aromatic carbocycles. The van der Waals surface area contributed by atoms with Crippen molar-refractivity contribution in [1.29, 1.82) is 0 Å². The third kappa shape index (κ3) is 3.93. The molecule has 0 N–H and O–H groups in total. The van der Waals surface area contributed by atoms with Crippen LogP contribution in [0.5, 0.6) is 5.75 Å². The predicted molar refractivity (Wildman–Crippen MR) is 96.0 cm³/mol. The molecular formula is C19H21ClN2O. The van der Waals surface area contributed by atoms with Crippen LogP contribution < -0.4 is 4.74 Å². The number of ether oxygens (including phenoxy) is 1. The highest BCUT2D eigenvalue weighted by Crippen LogP contribution is 2.32. The molecule has 0 radical (unpaired) electrons. The number of hydrogen-bond donors (Lipinski definition) is 0. The number of aryl methyl sites for hydroxylation is 1. The van der Waals surface area contributed by atoms with Gasteiger partial charge in [0.2, 0.25) is 0 Å². The smallest absolute Gasteiger partial charge is 0.176 e. The molecule has 0 saturated carbocycles. The average molecular weight is 329 g/mol. The summed E-state index contributed by atoms with van der Waals surface area (Å²) in [7, 11) is 0. The van der Waals surface area contributed by atoms with Crippen molar-refractivity contribution in [3.05, 3.63) is 72.8 Å². The lowest BCUT2D eigenvalue weighted by atomic mass is 10.0. The number of halogens is 1. The van der Waals surface area contributed by atoms with Gasteiger partial charge in [-0.2, -0.15) is 0 Å². The van der Waals surface area contributed by atoms with Gasteiger partial charge in [-0.1, -0.05) is 55.0 Å². The average Bonchev–Trinajstić information content (AvgIpc) is 3.08. The van der Waals surface area contributed by atoms with Crippen molar-refractivity contribution in [2.24, 2.45) is 0 Å². The molecule has 3 aromatic rings. The molecule has 0 amide bonds. The van der Waals surface area contributed by atoms with Crippen molar-refractivity contribution in [2.45, 2.75) is 26.5 Å². The van der Waals surface area contributed by atoms with Crippen LogP contribution in [0, 0.1) is 6.92 Å². The van der Waals surface area contributed by atoms with Crippen molar-refractivity contribution in [3.63, 3.8) is 0 Å². The number of imidazole rings is 1. The minimum atomic E-state index is -0.0471. The van der Waals surface area contributed by atoms with Crippen molar-refractivity contribution in [2.75, 3.05) is 0 Å². The normalized spacial score (nSPS) is 11.6. The van der Waals surface area contributed by atoms with E-state index < -0.39 is 0 Å². The van der Waals surface area contributed by atoms with E-state index in [2.05, 4.69) is 49.2 Å². The predicted octanol–water partition coefficient (Wildman–Crippen LogP) is 5.27. The molecule has 0 spiro atoms. The lowest BCUT2D eigenvalue weighted by molar-refractivity contribution is 0.128. The zero-order chi connectivity index (χ0) is 15.4. The van der Waals surface area contributed by atoms with Gasteiger partial charge in [0.05, 0.1) is 6.33 Å². The van der Waals surface area contributed by atoms with Crippen LogP contribution in [0.2, 0.25) is 0 Å². The van der Waals surface area contributed by atoms with Crippen LogP contribution in [-0.2, 0) is 0 Å². The van der Waals surface area contributed by atoms with E-state index in [4.69, 9.17) is 4.74 Å². The fourth-order valence-electron chi connectivity index (χ4n) is 2.48. The van der Waals surface area contributed by atoms with Crippen LogP contribution in [0.3, 0.4) is 0 Å². The Morgan fingerprint density at radius 3 is 2.48 bits per heavy atom. The van der Waals surface area contributed by atoms with Crippen LogP contribution in [0.1, 0.15) is 25.1 Å². The van der Waals surface area contributed by atoms with Gasteiger partial charge in [0, 0.05) is 24.4 Å². The summed E-state index contributed by atoms with van der Waals surface area (Å²) in [6, 6.07) is 16.7. The van der Waals surface area contributed by atoms with Crippen LogP contribution in [0.15, 0.2) is 67.3 Å². The van der Waals surface area contributed by atoms with Crippen LogP contribution >= 0.6 is 12.4 Å². The number of benzene rings is 2. The van der Waals surface area contributed by atoms with Crippen molar-refractivity contribution >= 4 is 12.4 Å². The summed E-state index contributed by atoms with van der Waals surface area (Å²) in [5.74, 6) is 0.895. The Kier molecular flexibility index (Phi) is 5.83. The Hall–Kier alpha value is -2.26. The maximum atomic E-state index is 6.25. The first-order valence-electron chi connectivity index (χ1n) is 7.58. The van der Waals surface area contributed by atoms with E-state index >= 15 is 0 Å². The Morgan fingerprint density at radius 2 is 1.83 bits per heavy atom. The van der Waals surface area contributed by atoms with Crippen molar-refractivity contribution in [1.82, 2.24) is 9.55 Å². The second kappa shape index (κ2) is 7.84. The third-order valence-corrected chi connectivity index (χ3v) is 3.72. The summed E-state index contributed by atoms with van der Waals surface area (Å²) >= 11 is 0. The van der Waals surface area contributed by atoms with E-state index in [0.717, 1.165) is 17.7 Å². The van der Waals surface area contributed by atoms with E-state index in [1.807, 2.05) is 29.0 Å². The fraction of sp³-hybridized carbons (Fsp3) is 0.211. The second-order valence-corrected chi connectivity index (χ2v) is 5.35. The Labute approximate surface area is 143 Å². The summed E-state index contributed by atoms with van der Waals surface area (Å²) in [4.78, 5) is 4.11. The summed E-state index contributed by atoms with van der Waals surface area (Å²) in [6.07, 6.45) is 6.33. The van der Waals surface area contributed by atoms with Crippen LogP contribution in [0.25, 0.3) is 11.1 Å². The van der Waals surface area contributed by atoms with E-state index in [0.29, 0.717) is 0 Å². The van der Waals surface area contributed by atoms with Gasteiger partial charge in [-0.05, 0) is 18.6 Å². The molecule has 0 saturated heterocycles. The molecule has 3 nitrogen and oxygen atoms in total. The maximum absolute atomic E-state index is 6.25. The summed E-state index contributed by atoms with van der Waals surface area (Å²) in [5.41, 5.74) is 3.54. The summed E-state index contributed by atoms with van der Waals surface area (Å²) in [5, 5.41) is 0. The van der Waals surface area contributed by atoms with Gasteiger partial charge < -0.3 is 9.30 Å². The van der Waals surface area contributed by atoms with E-state index in [1.54, 1.807) is 12.5 Å². The molecular weight excluding hydrogens is 308 g/mol. The molecule has 1 unspecified atom stereocenters. The molecule has 0 aliphatic carbocycles. The first kappa shape index (κ1) is 17.1. The minimum absolute atomic E-state index is 0. The van der Waals surface area contributed by atoms with Crippen LogP contribution in [0.4, 0.5) is 0 Å². The van der Waals surface area contributed by atoms with Gasteiger partial charge in [0.15, 0.2) is 6.23 Å². The molecule has 1 heterocycles. The lowest BCUT2D eigenvalue weighted by Gasteiger charge is -2.21. The minimum Gasteiger partial charge on any atom is -0.470 e. The number of hydrogen-bond acceptors (Lipinski definition) is 2. The summed E-state index contributed by atoms with van der Waals surface area (Å²) in [6.45, 7) is 4.21. The fourth-order valence-corrected chi connectivity index (χ4v) is 2.48. The Balaban J connectivity index is 0.00000192. The Bertz CT molecular complexity index is 723. The van der Waals surface area contributed by atoms with E-state index in [-0.39, 0.29) is 18.6 Å². The van der Waals surface area contributed by atoms with Gasteiger partial charge in [-0.15, -0.1) is 12.4 Å². The number of rotatable bonds is 5. The molecule has 1 aromatic heterocycles. The third-order valence-electron chi connectivity index (χ3n) is 3.72. The molecule has 0 fully saturated rings. The molecule has 0 aliphatic rings. The highest BCUT2D eigenvalue weighted by Gasteiger charge is 2.13. The quantitative estimate of drug-likeness (QED) is 0.638. The molecule has 0 aliphatic heterocycles. The van der Waals surface area contributed by atoms with E-state index in [1.165, 1.54) is 11.1 Å². The maximum Gasteiger partial charge on any atom is 0.176 e. The standard InChI is InChI=1S/C19H20N2O.ClH/c1-3-19(21-13-12-20-14-21)22-18-7-5-4-6-17(18)16-10-8-15(2)9-11-16;/h4-14,19H,3H2,1-2H3;1H. The SMILES string of the molecule is CCC(Oc1ccccc1-c1ccc(C)cc1)n1ccnc1.Cl.